The van der Waals surface area contributed by atoms with Crippen molar-refractivity contribution in [1.82, 2.24) is 0 Å². The van der Waals surface area contributed by atoms with Crippen LogP contribution >= 0.6 is 0 Å². The minimum Gasteiger partial charge on any atom is -0.0649 e. The van der Waals surface area contributed by atoms with Crippen LogP contribution in [0.25, 0.3) is 0 Å². The van der Waals surface area contributed by atoms with Gasteiger partial charge in [0.2, 0.25) is 0 Å². The van der Waals surface area contributed by atoms with Gasteiger partial charge in [-0.15, -0.1) is 0 Å². The van der Waals surface area contributed by atoms with Crippen molar-refractivity contribution in [2.45, 2.75) is 538 Å². The predicted octanol–water partition coefficient (Wildman–Crippen LogP) is 37.0. The summed E-state index contributed by atoms with van der Waals surface area (Å²) >= 11 is 0. The lowest BCUT2D eigenvalue weighted by Gasteiger charge is -2.47. The van der Waals surface area contributed by atoms with Crippen molar-refractivity contribution in [3.63, 3.8) is 0 Å². The van der Waals surface area contributed by atoms with Crippen molar-refractivity contribution in [2.75, 3.05) is 0 Å². The normalized spacial score (nSPS) is 26.5. The summed E-state index contributed by atoms with van der Waals surface area (Å²) in [5.41, 5.74) is 6.57. The first-order valence-corrected chi connectivity index (χ1v) is 46.3. The van der Waals surface area contributed by atoms with E-state index in [1.54, 1.807) is 0 Å². The largest absolute Gasteiger partial charge is 0.0649 e. The van der Waals surface area contributed by atoms with Crippen LogP contribution < -0.4 is 0 Å². The highest BCUT2D eigenvalue weighted by atomic mass is 14.5. The maximum absolute atomic E-state index is 2.57. The Hall–Kier alpha value is 0. The van der Waals surface area contributed by atoms with Gasteiger partial charge in [0.05, 0.1) is 0 Å². The molecule has 0 heteroatoms. The van der Waals surface area contributed by atoms with Crippen molar-refractivity contribution in [2.24, 2.45) is 113 Å². The van der Waals surface area contributed by atoms with Gasteiger partial charge in [0, 0.05) is 0 Å². The van der Waals surface area contributed by atoms with Gasteiger partial charge < -0.3 is 0 Å². The van der Waals surface area contributed by atoms with Crippen LogP contribution in [0.1, 0.15) is 538 Å². The first-order valence-electron chi connectivity index (χ1n) is 46.3. The Balaban J connectivity index is 0. The van der Waals surface area contributed by atoms with E-state index < -0.39 is 0 Å². The van der Waals surface area contributed by atoms with Crippen LogP contribution in [0.3, 0.4) is 0 Å². The molecular formula is C101H206. The van der Waals surface area contributed by atoms with Crippen LogP contribution in [-0.4, -0.2) is 0 Å². The van der Waals surface area contributed by atoms with Crippen molar-refractivity contribution in [3.05, 3.63) is 0 Å². The summed E-state index contributed by atoms with van der Waals surface area (Å²) in [7, 11) is 0. The molecule has 10 aliphatic carbocycles. The second-order valence-corrected chi connectivity index (χ2v) is 46.0. The summed E-state index contributed by atoms with van der Waals surface area (Å²) < 4.78 is 0. The topological polar surface area (TPSA) is 0 Å². The van der Waals surface area contributed by atoms with Crippen LogP contribution in [0.15, 0.2) is 0 Å². The van der Waals surface area contributed by atoms with Crippen LogP contribution in [0.4, 0.5) is 0 Å². The smallest absolute Gasteiger partial charge is 0.0277 e. The summed E-state index contributed by atoms with van der Waals surface area (Å²) in [6.45, 7) is 82.0. The van der Waals surface area contributed by atoms with Crippen LogP contribution in [-0.2, 0) is 0 Å². The standard InChI is InChI=1S/C13H24.2C11H22.C10H20.2C9H18.C8H16.C8H18.C7H14.C6H14.C5H12.C4H8/c1-13(10-6-3-7-11-13)12-8-4-2-5-9-12;1-9-10(2,3)7-6-8-11(9,4)5;1-10(2,3)11(4)8-6-5-7-9-11;1-10(2,3)9-7-5-4-6-8-9;1-8-6-4-5-7-9(8,2)3;1-7-5-4-6-8(2)9(7)3;1-8(2)6-4-3-5-7-8;1-5-8(4,6-2)7-3;1-7-5-3-2-4-6-7;1-5-6(2,3)4;1-5(2,3)4;1-4-2-3-4/h12H,2-11H2,1H3;9H,6-8H2,1-5H3;5-9H2,1-4H3;9H,4-8H2,1-3H3;8H,4-7H2,1-3H3;7-9H,4-6H2,1-3H3;3-7H2,1-2H3;5-7H2,1-4H3;7H,2-6H2,1H3;5H2,1-4H3;1-4H3;4H,2-3H2,1H3/t;;;;8-;;;;;;;/m....0......./s1. The minimum absolute atomic E-state index is 0.500. The predicted molar refractivity (Wildman–Crippen MR) is 469 cm³/mol. The van der Waals surface area contributed by atoms with E-state index in [2.05, 4.69) is 242 Å². The van der Waals surface area contributed by atoms with Crippen molar-refractivity contribution >= 4 is 0 Å². The molecule has 0 amide bonds. The Labute approximate surface area is 646 Å². The van der Waals surface area contributed by atoms with Crippen LogP contribution in [0, 0.1) is 113 Å². The molecule has 10 aliphatic rings. The van der Waals surface area contributed by atoms with Crippen molar-refractivity contribution in [1.29, 1.82) is 0 Å². The fourth-order valence-electron chi connectivity index (χ4n) is 17.4. The van der Waals surface area contributed by atoms with Crippen molar-refractivity contribution in [3.8, 4) is 0 Å². The molecule has 0 aromatic rings. The molecule has 10 rings (SSSR count). The van der Waals surface area contributed by atoms with Gasteiger partial charge in [-0.05, 0) is 196 Å². The summed E-state index contributed by atoms with van der Waals surface area (Å²) in [5.74, 6) is 8.95. The highest BCUT2D eigenvalue weighted by Gasteiger charge is 2.41. The van der Waals surface area contributed by atoms with E-state index in [9.17, 15) is 0 Å². The van der Waals surface area contributed by atoms with Gasteiger partial charge in [-0.3, -0.25) is 0 Å². The molecule has 0 aliphatic heterocycles. The molecule has 0 aromatic carbocycles. The summed E-state index contributed by atoms with van der Waals surface area (Å²) in [4.78, 5) is 0. The quantitative estimate of drug-likeness (QED) is 0.263. The molecule has 0 N–H and O–H groups in total. The molecule has 0 heterocycles. The highest BCUT2D eigenvalue weighted by molar-refractivity contribution is 4.92. The van der Waals surface area contributed by atoms with Gasteiger partial charge in [-0.2, -0.15) is 0 Å². The molecule has 3 atom stereocenters. The molecule has 10 saturated carbocycles. The molecule has 0 spiro atoms. The lowest BCUT2D eigenvalue weighted by molar-refractivity contribution is 0.0286. The molecule has 0 aromatic heterocycles. The van der Waals surface area contributed by atoms with E-state index in [1.165, 1.54) is 295 Å². The summed E-state index contributed by atoms with van der Waals surface area (Å²) in [5, 5.41) is 0. The van der Waals surface area contributed by atoms with Gasteiger partial charge in [0.25, 0.3) is 0 Å². The summed E-state index contributed by atoms with van der Waals surface area (Å²) in [6.07, 6.45) is 67.2. The first kappa shape index (κ1) is 103. The Morgan fingerprint density at radius 2 is 0.614 bits per heavy atom. The zero-order chi connectivity index (χ0) is 78.2. The van der Waals surface area contributed by atoms with E-state index in [1.807, 2.05) is 0 Å². The number of hydrogen-bond acceptors (Lipinski definition) is 0. The van der Waals surface area contributed by atoms with E-state index in [0.717, 1.165) is 58.7 Å². The van der Waals surface area contributed by atoms with E-state index in [0.29, 0.717) is 54.1 Å². The Morgan fingerprint density at radius 1 is 0.297 bits per heavy atom. The molecule has 0 nitrogen and oxygen atoms in total. The average Bonchev–Trinajstić information content (AvgIpc) is 1.34. The molecule has 0 bridgehead atoms. The zero-order valence-electron chi connectivity index (χ0n) is 78.2. The monoisotopic (exact) mass is 1420 g/mol. The fraction of sp³-hybridized carbons (Fsp3) is 1.00. The maximum atomic E-state index is 2.57. The van der Waals surface area contributed by atoms with Gasteiger partial charge in [-0.25, -0.2) is 0 Å². The third-order valence-electron chi connectivity index (χ3n) is 29.9. The molecular weight excluding hydrogens is 1210 g/mol. The van der Waals surface area contributed by atoms with Gasteiger partial charge in [0.15, 0.2) is 0 Å². The fourth-order valence-corrected chi connectivity index (χ4v) is 17.4. The highest BCUT2D eigenvalue weighted by Crippen LogP contribution is 2.52. The third-order valence-corrected chi connectivity index (χ3v) is 29.9. The van der Waals surface area contributed by atoms with Gasteiger partial charge >= 0.3 is 0 Å². The maximum Gasteiger partial charge on any atom is -0.0277 e. The van der Waals surface area contributed by atoms with Crippen molar-refractivity contribution < 1.29 is 0 Å². The Kier molecular flexibility index (Phi) is 51.8. The minimum atomic E-state index is 0.500. The molecule has 0 saturated heterocycles. The lowest BCUT2D eigenvalue weighted by atomic mass is 9.58. The van der Waals surface area contributed by atoms with E-state index in [-0.39, 0.29) is 0 Å². The van der Waals surface area contributed by atoms with E-state index >= 15 is 0 Å². The first-order chi connectivity index (χ1) is 46.3. The van der Waals surface area contributed by atoms with E-state index in [4.69, 9.17) is 0 Å². The molecule has 610 valence electrons. The molecule has 0 radical (unpaired) electrons. The van der Waals surface area contributed by atoms with Gasteiger partial charge in [0.1, 0.15) is 0 Å². The number of rotatable bonds is 4. The Morgan fingerprint density at radius 3 is 0.842 bits per heavy atom. The summed E-state index contributed by atoms with van der Waals surface area (Å²) in [6, 6.07) is 0. The SMILES string of the molecule is CC(C)(C)C.CC(C)(C)C1(C)CCCCC1.CC(C)(C)C1CCCCC1.CC1(C)CCCCC1.CC1(C2CCCCC2)CCCCC1.CC1C(C)(C)CCCC1(C)C.CC1CC1.CC1CCCC(C)C1C.CC1CCCCC1.CCC(C)(C)C.CCC(C)(CC)CC.C[C@H]1CCCCC1(C)C. The molecule has 2 unspecified atom stereocenters. The Bertz CT molecular complexity index is 1830. The zero-order valence-corrected chi connectivity index (χ0v) is 78.2. The third kappa shape index (κ3) is 50.4. The van der Waals surface area contributed by atoms with Crippen LogP contribution in [0.2, 0.25) is 0 Å². The second kappa shape index (κ2) is 50.7. The molecule has 101 heavy (non-hydrogen) atoms. The van der Waals surface area contributed by atoms with Gasteiger partial charge in [-0.1, -0.05) is 454 Å². The number of hydrogen-bond donors (Lipinski definition) is 0. The second-order valence-electron chi connectivity index (χ2n) is 46.0. The average molecular weight is 1420 g/mol. The molecule has 10 fully saturated rings. The lowest BCUT2D eigenvalue weighted by Crippen LogP contribution is -2.38. The van der Waals surface area contributed by atoms with Crippen LogP contribution in [0.5, 0.6) is 0 Å².